The molecule has 0 heterocycles. The Kier molecular flexibility index (Phi) is 3.42. The van der Waals surface area contributed by atoms with E-state index in [4.69, 9.17) is 17.0 Å². The smallest absolute Gasteiger partial charge is 0.256 e. The van der Waals surface area contributed by atoms with E-state index >= 15 is 0 Å². The third kappa shape index (κ3) is 2.58. The molecule has 0 saturated carbocycles. The average Bonchev–Trinajstić information content (AvgIpc) is 1.64. The van der Waals surface area contributed by atoms with Crippen molar-refractivity contribution in [3.8, 4) is 0 Å². The van der Waals surface area contributed by atoms with E-state index in [0.29, 0.717) is 0 Å². The Balaban J connectivity index is 3.99. The second kappa shape index (κ2) is 3.58. The second-order valence-electron chi connectivity index (χ2n) is 1.60. The summed E-state index contributed by atoms with van der Waals surface area (Å²) < 4.78 is 4.57. The van der Waals surface area contributed by atoms with E-state index in [0.717, 1.165) is 0 Å². The molecule has 9 heavy (non-hydrogen) atoms. The van der Waals surface area contributed by atoms with Gasteiger partial charge in [0.25, 0.3) is 5.24 Å². The molecule has 1 atom stereocenters. The van der Waals surface area contributed by atoms with Crippen molar-refractivity contribution in [3.63, 3.8) is 0 Å². The molecule has 0 aliphatic carbocycles. The van der Waals surface area contributed by atoms with Crippen molar-refractivity contribution in [1.29, 1.82) is 5.41 Å². The molecular formula is C5H8ClNO2. The Morgan fingerprint density at radius 3 is 2.22 bits per heavy atom. The van der Waals surface area contributed by atoms with Gasteiger partial charge in [-0.1, -0.05) is 0 Å². The number of nitrogens with one attached hydrogen (secondary N) is 1. The standard InChI is InChI=1S/C5H8ClNO2/c1-3(7)4(9-2)5(6)8/h4,7H,1-2H3. The van der Waals surface area contributed by atoms with Gasteiger partial charge in [0.1, 0.15) is 0 Å². The van der Waals surface area contributed by atoms with Gasteiger partial charge < -0.3 is 10.1 Å². The lowest BCUT2D eigenvalue weighted by atomic mass is 10.3. The van der Waals surface area contributed by atoms with Crippen molar-refractivity contribution < 1.29 is 9.53 Å². The van der Waals surface area contributed by atoms with Crippen molar-refractivity contribution in [2.45, 2.75) is 13.0 Å². The lowest BCUT2D eigenvalue weighted by Gasteiger charge is -2.06. The normalized spacial score (nSPS) is 12.8. The van der Waals surface area contributed by atoms with Crippen LogP contribution in [0.25, 0.3) is 0 Å². The summed E-state index contributed by atoms with van der Waals surface area (Å²) in [6.07, 6.45) is -0.869. The van der Waals surface area contributed by atoms with E-state index < -0.39 is 11.3 Å². The number of carbonyl (C=O) groups excluding carboxylic acids is 1. The van der Waals surface area contributed by atoms with Gasteiger partial charge in [-0.15, -0.1) is 0 Å². The number of ether oxygens (including phenoxy) is 1. The molecule has 0 bridgehead atoms. The highest BCUT2D eigenvalue weighted by Crippen LogP contribution is 1.96. The topological polar surface area (TPSA) is 50.1 Å². The third-order valence-corrected chi connectivity index (χ3v) is 1.03. The first-order valence-electron chi connectivity index (χ1n) is 2.36. The highest BCUT2D eigenvalue weighted by Gasteiger charge is 2.16. The van der Waals surface area contributed by atoms with Crippen LogP contribution in [0.15, 0.2) is 0 Å². The first-order valence-corrected chi connectivity index (χ1v) is 2.74. The third-order valence-electron chi connectivity index (χ3n) is 0.835. The largest absolute Gasteiger partial charge is 0.366 e. The number of hydrogen-bond donors (Lipinski definition) is 1. The highest BCUT2D eigenvalue weighted by atomic mass is 35.5. The molecule has 0 fully saturated rings. The molecule has 0 aromatic rings. The van der Waals surface area contributed by atoms with Gasteiger partial charge in [0.15, 0.2) is 6.10 Å². The summed E-state index contributed by atoms with van der Waals surface area (Å²) in [6.45, 7) is 1.47. The van der Waals surface area contributed by atoms with Crippen LogP contribution in [0.5, 0.6) is 0 Å². The summed E-state index contributed by atoms with van der Waals surface area (Å²) in [7, 11) is 1.34. The number of rotatable bonds is 3. The number of hydrogen-bond acceptors (Lipinski definition) is 3. The van der Waals surface area contributed by atoms with Gasteiger partial charge in [-0.2, -0.15) is 0 Å². The molecule has 0 aromatic carbocycles. The first kappa shape index (κ1) is 8.59. The van der Waals surface area contributed by atoms with Crippen LogP contribution < -0.4 is 0 Å². The van der Waals surface area contributed by atoms with Gasteiger partial charge in [0.2, 0.25) is 0 Å². The summed E-state index contributed by atoms with van der Waals surface area (Å²) in [5.41, 5.74) is 0.123. The van der Waals surface area contributed by atoms with Gasteiger partial charge in [0, 0.05) is 12.8 Å². The summed E-state index contributed by atoms with van der Waals surface area (Å²) in [5.74, 6) is 0. The quantitative estimate of drug-likeness (QED) is 0.477. The van der Waals surface area contributed by atoms with Crippen molar-refractivity contribution >= 4 is 22.6 Å². The minimum atomic E-state index is -0.869. The summed E-state index contributed by atoms with van der Waals surface area (Å²) in [6, 6.07) is 0. The van der Waals surface area contributed by atoms with E-state index in [1.807, 2.05) is 0 Å². The molecule has 3 nitrogen and oxygen atoms in total. The van der Waals surface area contributed by atoms with Crippen LogP contribution in [0.4, 0.5) is 0 Å². The fourth-order valence-electron chi connectivity index (χ4n) is 0.440. The Morgan fingerprint density at radius 1 is 1.78 bits per heavy atom. The summed E-state index contributed by atoms with van der Waals surface area (Å²) in [4.78, 5) is 10.3. The molecule has 0 saturated heterocycles. The van der Waals surface area contributed by atoms with Crippen LogP contribution in [0, 0.1) is 5.41 Å². The predicted molar refractivity (Wildman–Crippen MR) is 35.1 cm³/mol. The van der Waals surface area contributed by atoms with Crippen LogP contribution in [0.2, 0.25) is 0 Å². The maximum absolute atomic E-state index is 10.3. The first-order chi connectivity index (χ1) is 4.09. The molecule has 0 rings (SSSR count). The molecule has 1 N–H and O–H groups in total. The molecule has 0 aromatic heterocycles. The maximum atomic E-state index is 10.3. The summed E-state index contributed by atoms with van der Waals surface area (Å²) in [5, 5.41) is 6.30. The van der Waals surface area contributed by atoms with Gasteiger partial charge in [-0.25, -0.2) is 0 Å². The minimum absolute atomic E-state index is 0.123. The van der Waals surface area contributed by atoms with E-state index in [-0.39, 0.29) is 5.71 Å². The predicted octanol–water partition coefficient (Wildman–Crippen LogP) is 0.806. The zero-order valence-electron chi connectivity index (χ0n) is 5.27. The fraction of sp³-hybridized carbons (Fsp3) is 0.600. The van der Waals surface area contributed by atoms with Gasteiger partial charge in [-0.05, 0) is 18.5 Å². The molecular weight excluding hydrogens is 142 g/mol. The maximum Gasteiger partial charge on any atom is 0.256 e. The van der Waals surface area contributed by atoms with E-state index in [1.54, 1.807) is 0 Å². The van der Waals surface area contributed by atoms with Crippen LogP contribution in [0.1, 0.15) is 6.92 Å². The lowest BCUT2D eigenvalue weighted by Crippen LogP contribution is -2.25. The van der Waals surface area contributed by atoms with Gasteiger partial charge in [0.05, 0.1) is 0 Å². The number of methoxy groups -OCH3 is 1. The molecule has 4 heteroatoms. The molecule has 0 radical (unpaired) electrons. The van der Waals surface area contributed by atoms with Crippen molar-refractivity contribution in [2.24, 2.45) is 0 Å². The SMILES string of the molecule is COC(C(C)=N)C(=O)Cl. The molecule has 1 unspecified atom stereocenters. The molecule has 52 valence electrons. The Hall–Kier alpha value is -0.410. The molecule has 0 aliphatic rings. The second-order valence-corrected chi connectivity index (χ2v) is 1.98. The van der Waals surface area contributed by atoms with E-state index in [1.165, 1.54) is 14.0 Å². The number of carbonyl (C=O) groups is 1. The Labute approximate surface area is 58.5 Å². The minimum Gasteiger partial charge on any atom is -0.366 e. The Morgan fingerprint density at radius 2 is 2.22 bits per heavy atom. The summed E-state index contributed by atoms with van der Waals surface area (Å²) >= 11 is 5.03. The Bertz CT molecular complexity index is 121. The monoisotopic (exact) mass is 149 g/mol. The van der Waals surface area contributed by atoms with Crippen molar-refractivity contribution in [2.75, 3.05) is 7.11 Å². The average molecular weight is 150 g/mol. The van der Waals surface area contributed by atoms with Crippen LogP contribution >= 0.6 is 11.6 Å². The molecule has 0 spiro atoms. The van der Waals surface area contributed by atoms with Crippen LogP contribution in [-0.4, -0.2) is 24.2 Å². The molecule has 0 aliphatic heterocycles. The zero-order valence-corrected chi connectivity index (χ0v) is 6.03. The lowest BCUT2D eigenvalue weighted by molar-refractivity contribution is -0.117. The molecule has 0 amide bonds. The number of halogens is 1. The van der Waals surface area contributed by atoms with Gasteiger partial charge >= 0.3 is 0 Å². The van der Waals surface area contributed by atoms with E-state index in [9.17, 15) is 4.79 Å². The van der Waals surface area contributed by atoms with Crippen LogP contribution in [-0.2, 0) is 9.53 Å². The van der Waals surface area contributed by atoms with Gasteiger partial charge in [-0.3, -0.25) is 4.79 Å². The van der Waals surface area contributed by atoms with E-state index in [2.05, 4.69) is 4.74 Å². The zero-order chi connectivity index (χ0) is 7.44. The van der Waals surface area contributed by atoms with Crippen molar-refractivity contribution in [3.05, 3.63) is 0 Å². The van der Waals surface area contributed by atoms with Crippen LogP contribution in [0.3, 0.4) is 0 Å². The van der Waals surface area contributed by atoms with Crippen molar-refractivity contribution in [1.82, 2.24) is 0 Å². The highest BCUT2D eigenvalue weighted by molar-refractivity contribution is 6.66. The fourth-order valence-corrected chi connectivity index (χ4v) is 0.692.